The predicted octanol–water partition coefficient (Wildman–Crippen LogP) is 4.41. The Morgan fingerprint density at radius 2 is 1.76 bits per heavy atom. The first-order valence-corrected chi connectivity index (χ1v) is 7.30. The van der Waals surface area contributed by atoms with E-state index in [0.717, 1.165) is 28.8 Å². The van der Waals surface area contributed by atoms with Crippen molar-refractivity contribution in [3.63, 3.8) is 0 Å². The van der Waals surface area contributed by atoms with Gasteiger partial charge in [0, 0.05) is 19.0 Å². The van der Waals surface area contributed by atoms with Crippen LogP contribution < -0.4 is 4.90 Å². The molecule has 1 aromatic heterocycles. The SMILES string of the molecule is CCN(C)c1nc(Cl)nc2ccc(-c3ccccc3)cc12. The molecule has 2 aromatic carbocycles. The van der Waals surface area contributed by atoms with Crippen LogP contribution in [-0.4, -0.2) is 23.6 Å². The maximum atomic E-state index is 6.03. The van der Waals surface area contributed by atoms with Gasteiger partial charge in [-0.25, -0.2) is 4.98 Å². The van der Waals surface area contributed by atoms with E-state index in [1.165, 1.54) is 5.56 Å². The van der Waals surface area contributed by atoms with E-state index in [0.29, 0.717) is 0 Å². The number of rotatable bonds is 3. The van der Waals surface area contributed by atoms with Gasteiger partial charge in [0.2, 0.25) is 5.28 Å². The standard InChI is InChI=1S/C17H16ClN3/c1-3-21(2)16-14-11-13(12-7-5-4-6-8-12)9-10-15(14)19-17(18)20-16/h4-11H,3H2,1-2H3. The molecule has 0 amide bonds. The maximum Gasteiger partial charge on any atom is 0.224 e. The van der Waals surface area contributed by atoms with Crippen molar-refractivity contribution in [1.29, 1.82) is 0 Å². The Balaban J connectivity index is 2.22. The maximum absolute atomic E-state index is 6.03. The molecule has 0 N–H and O–H groups in total. The fraction of sp³-hybridized carbons (Fsp3) is 0.176. The van der Waals surface area contributed by atoms with Gasteiger partial charge >= 0.3 is 0 Å². The van der Waals surface area contributed by atoms with E-state index in [1.54, 1.807) is 0 Å². The molecule has 0 atom stereocenters. The summed E-state index contributed by atoms with van der Waals surface area (Å²) in [5.74, 6) is 0.866. The highest BCUT2D eigenvalue weighted by atomic mass is 35.5. The lowest BCUT2D eigenvalue weighted by molar-refractivity contribution is 0.940. The van der Waals surface area contributed by atoms with Gasteiger partial charge in [-0.15, -0.1) is 0 Å². The molecule has 0 aliphatic heterocycles. The fourth-order valence-corrected chi connectivity index (χ4v) is 2.51. The third-order valence-electron chi connectivity index (χ3n) is 3.59. The lowest BCUT2D eigenvalue weighted by atomic mass is 10.0. The topological polar surface area (TPSA) is 29.0 Å². The third-order valence-corrected chi connectivity index (χ3v) is 3.76. The first-order chi connectivity index (χ1) is 10.2. The second-order valence-electron chi connectivity index (χ2n) is 4.93. The summed E-state index contributed by atoms with van der Waals surface area (Å²) in [5, 5.41) is 1.30. The molecule has 1 heterocycles. The summed E-state index contributed by atoms with van der Waals surface area (Å²) < 4.78 is 0. The largest absolute Gasteiger partial charge is 0.359 e. The number of fused-ring (bicyclic) bond motifs is 1. The van der Waals surface area contributed by atoms with Gasteiger partial charge in [0.05, 0.1) is 5.52 Å². The predicted molar refractivity (Wildman–Crippen MR) is 88.9 cm³/mol. The van der Waals surface area contributed by atoms with E-state index >= 15 is 0 Å². The highest BCUT2D eigenvalue weighted by Crippen LogP contribution is 2.29. The molecule has 3 nitrogen and oxygen atoms in total. The van der Waals surface area contributed by atoms with Crippen molar-refractivity contribution in [2.24, 2.45) is 0 Å². The zero-order valence-electron chi connectivity index (χ0n) is 12.0. The van der Waals surface area contributed by atoms with Crippen LogP contribution >= 0.6 is 11.6 Å². The highest BCUT2D eigenvalue weighted by molar-refractivity contribution is 6.28. The van der Waals surface area contributed by atoms with Gasteiger partial charge in [0.15, 0.2) is 0 Å². The molecule has 21 heavy (non-hydrogen) atoms. The van der Waals surface area contributed by atoms with Gasteiger partial charge < -0.3 is 4.90 Å². The molecule has 0 saturated carbocycles. The smallest absolute Gasteiger partial charge is 0.224 e. The third kappa shape index (κ3) is 2.69. The van der Waals surface area contributed by atoms with Crippen molar-refractivity contribution in [2.45, 2.75) is 6.92 Å². The molecule has 0 unspecified atom stereocenters. The van der Waals surface area contributed by atoms with E-state index in [1.807, 2.05) is 31.3 Å². The average Bonchev–Trinajstić information content (AvgIpc) is 2.53. The van der Waals surface area contributed by atoms with E-state index in [2.05, 4.69) is 46.1 Å². The Hall–Kier alpha value is -2.13. The molecule has 0 radical (unpaired) electrons. The number of hydrogen-bond acceptors (Lipinski definition) is 3. The molecule has 0 fully saturated rings. The van der Waals surface area contributed by atoms with Crippen molar-refractivity contribution in [2.75, 3.05) is 18.5 Å². The van der Waals surface area contributed by atoms with Crippen LogP contribution in [0.15, 0.2) is 48.5 Å². The minimum absolute atomic E-state index is 0.283. The second-order valence-corrected chi connectivity index (χ2v) is 5.27. The number of hydrogen-bond donors (Lipinski definition) is 0. The quantitative estimate of drug-likeness (QED) is 0.671. The van der Waals surface area contributed by atoms with Gasteiger partial charge in [-0.3, -0.25) is 0 Å². The molecule has 4 heteroatoms. The number of halogens is 1. The molecule has 0 saturated heterocycles. The van der Waals surface area contributed by atoms with Crippen LogP contribution in [0.3, 0.4) is 0 Å². The first kappa shape index (κ1) is 13.8. The van der Waals surface area contributed by atoms with Gasteiger partial charge in [0.1, 0.15) is 5.82 Å². The monoisotopic (exact) mass is 297 g/mol. The highest BCUT2D eigenvalue weighted by Gasteiger charge is 2.11. The van der Waals surface area contributed by atoms with Crippen LogP contribution in [0.25, 0.3) is 22.0 Å². The summed E-state index contributed by atoms with van der Waals surface area (Å²) in [5.41, 5.74) is 3.20. The molecular formula is C17H16ClN3. The van der Waals surface area contributed by atoms with E-state index in [9.17, 15) is 0 Å². The lowest BCUT2D eigenvalue weighted by Crippen LogP contribution is -2.18. The summed E-state index contributed by atoms with van der Waals surface area (Å²) in [6, 6.07) is 16.5. The van der Waals surface area contributed by atoms with Gasteiger partial charge in [-0.05, 0) is 41.8 Å². The van der Waals surface area contributed by atoms with Crippen LogP contribution in [0, 0.1) is 0 Å². The Morgan fingerprint density at radius 3 is 2.48 bits per heavy atom. The normalized spacial score (nSPS) is 10.8. The number of nitrogens with zero attached hydrogens (tertiary/aromatic N) is 3. The molecule has 3 aromatic rings. The summed E-state index contributed by atoms with van der Waals surface area (Å²) >= 11 is 6.03. The number of aromatic nitrogens is 2. The molecule has 0 spiro atoms. The van der Waals surface area contributed by atoms with Crippen LogP contribution in [0.2, 0.25) is 5.28 Å². The van der Waals surface area contributed by atoms with Crippen molar-refractivity contribution in [3.8, 4) is 11.1 Å². The van der Waals surface area contributed by atoms with Crippen molar-refractivity contribution in [3.05, 3.63) is 53.8 Å². The van der Waals surface area contributed by atoms with Crippen molar-refractivity contribution < 1.29 is 0 Å². The Kier molecular flexibility index (Phi) is 3.76. The second kappa shape index (κ2) is 5.70. The Morgan fingerprint density at radius 1 is 1.00 bits per heavy atom. The average molecular weight is 298 g/mol. The zero-order chi connectivity index (χ0) is 14.8. The van der Waals surface area contributed by atoms with Crippen LogP contribution in [0.4, 0.5) is 5.82 Å². The fourth-order valence-electron chi connectivity index (χ4n) is 2.34. The molecule has 0 aliphatic rings. The van der Waals surface area contributed by atoms with E-state index < -0.39 is 0 Å². The van der Waals surface area contributed by atoms with Gasteiger partial charge in [-0.1, -0.05) is 36.4 Å². The Bertz CT molecular complexity index is 772. The van der Waals surface area contributed by atoms with Crippen molar-refractivity contribution in [1.82, 2.24) is 9.97 Å². The summed E-state index contributed by atoms with van der Waals surface area (Å²) in [6.07, 6.45) is 0. The van der Waals surface area contributed by atoms with Crippen molar-refractivity contribution >= 4 is 28.3 Å². The number of benzene rings is 2. The van der Waals surface area contributed by atoms with Crippen LogP contribution in [0.5, 0.6) is 0 Å². The molecule has 3 rings (SSSR count). The minimum atomic E-state index is 0.283. The first-order valence-electron chi connectivity index (χ1n) is 6.93. The van der Waals surface area contributed by atoms with E-state index in [4.69, 9.17) is 11.6 Å². The molecular weight excluding hydrogens is 282 g/mol. The minimum Gasteiger partial charge on any atom is -0.359 e. The lowest BCUT2D eigenvalue weighted by Gasteiger charge is -2.18. The molecule has 106 valence electrons. The number of anilines is 1. The Labute approximate surface area is 129 Å². The molecule has 0 aliphatic carbocycles. The summed E-state index contributed by atoms with van der Waals surface area (Å²) in [6.45, 7) is 2.95. The van der Waals surface area contributed by atoms with Crippen LogP contribution in [0.1, 0.15) is 6.92 Å². The van der Waals surface area contributed by atoms with Gasteiger partial charge in [0.25, 0.3) is 0 Å². The summed E-state index contributed by atoms with van der Waals surface area (Å²) in [4.78, 5) is 10.8. The van der Waals surface area contributed by atoms with Crippen LogP contribution in [-0.2, 0) is 0 Å². The molecule has 0 bridgehead atoms. The van der Waals surface area contributed by atoms with E-state index in [-0.39, 0.29) is 5.28 Å². The summed E-state index contributed by atoms with van der Waals surface area (Å²) in [7, 11) is 2.01. The van der Waals surface area contributed by atoms with Gasteiger partial charge in [-0.2, -0.15) is 4.98 Å². The zero-order valence-corrected chi connectivity index (χ0v) is 12.8.